The first-order valence-corrected chi connectivity index (χ1v) is 7.96. The first-order chi connectivity index (χ1) is 9.17. The van der Waals surface area contributed by atoms with Gasteiger partial charge in [0.25, 0.3) is 0 Å². The molecule has 0 radical (unpaired) electrons. The van der Waals surface area contributed by atoms with Crippen LogP contribution >= 0.6 is 11.3 Å². The summed E-state index contributed by atoms with van der Waals surface area (Å²) in [7, 11) is 0. The maximum Gasteiger partial charge on any atom is 0.312 e. The average molecular weight is 282 g/mol. The molecule has 0 aliphatic heterocycles. The summed E-state index contributed by atoms with van der Waals surface area (Å²) in [4.78, 5) is 19.4. The molecular formula is C14H22N2O2S. The van der Waals surface area contributed by atoms with E-state index in [2.05, 4.69) is 23.7 Å². The van der Waals surface area contributed by atoms with Gasteiger partial charge in [-0.2, -0.15) is 0 Å². The minimum Gasteiger partial charge on any atom is -0.481 e. The third-order valence-corrected chi connectivity index (χ3v) is 4.87. The number of aryl methyl sites for hydroxylation is 1. The van der Waals surface area contributed by atoms with Gasteiger partial charge >= 0.3 is 5.97 Å². The monoisotopic (exact) mass is 282 g/mol. The van der Waals surface area contributed by atoms with Crippen LogP contribution in [-0.2, 0) is 11.2 Å². The molecule has 1 heterocycles. The summed E-state index contributed by atoms with van der Waals surface area (Å²) in [5.74, 6) is -1.12. The number of aromatic nitrogens is 1. The summed E-state index contributed by atoms with van der Waals surface area (Å²) in [5.41, 5.74) is 0.827. The summed E-state index contributed by atoms with van der Waals surface area (Å²) in [6.07, 6.45) is 5.00. The number of carboxylic acid groups (broad SMARTS) is 1. The zero-order valence-corrected chi connectivity index (χ0v) is 12.5. The Morgan fingerprint density at radius 1 is 1.53 bits per heavy atom. The van der Waals surface area contributed by atoms with E-state index in [0.717, 1.165) is 49.6 Å². The van der Waals surface area contributed by atoms with Crippen LogP contribution in [0, 0.1) is 0 Å². The number of aliphatic carboxylic acids is 1. The topological polar surface area (TPSA) is 53.4 Å². The standard InChI is InChI=1S/C14H22N2O2S/c1-3-5-9-16(4-2)14-15-12-10(13(17)18)7-6-8-11(12)19-14/h10H,3-9H2,1-2H3,(H,17,18). The number of carboxylic acids is 1. The van der Waals surface area contributed by atoms with Crippen molar-refractivity contribution in [2.45, 2.75) is 51.9 Å². The van der Waals surface area contributed by atoms with Gasteiger partial charge < -0.3 is 10.0 Å². The third kappa shape index (κ3) is 3.08. The van der Waals surface area contributed by atoms with Gasteiger partial charge in [0, 0.05) is 18.0 Å². The van der Waals surface area contributed by atoms with E-state index in [1.54, 1.807) is 11.3 Å². The molecule has 1 aliphatic rings. The van der Waals surface area contributed by atoms with Crippen LogP contribution in [0.1, 0.15) is 56.0 Å². The van der Waals surface area contributed by atoms with Gasteiger partial charge in [-0.3, -0.25) is 4.79 Å². The maximum absolute atomic E-state index is 11.3. The molecule has 1 unspecified atom stereocenters. The molecule has 106 valence electrons. The second-order valence-electron chi connectivity index (χ2n) is 5.02. The second kappa shape index (κ2) is 6.37. The lowest BCUT2D eigenvalue weighted by atomic mass is 9.91. The fraction of sp³-hybridized carbons (Fsp3) is 0.714. The van der Waals surface area contributed by atoms with Gasteiger partial charge in [0.05, 0.1) is 5.69 Å². The van der Waals surface area contributed by atoms with Crippen LogP contribution in [0.3, 0.4) is 0 Å². The molecule has 0 saturated heterocycles. The van der Waals surface area contributed by atoms with Gasteiger partial charge in [-0.15, -0.1) is 11.3 Å². The van der Waals surface area contributed by atoms with Crippen LogP contribution < -0.4 is 4.90 Å². The quantitative estimate of drug-likeness (QED) is 0.870. The molecule has 4 nitrogen and oxygen atoms in total. The molecule has 1 aromatic rings. The first kappa shape index (κ1) is 14.3. The van der Waals surface area contributed by atoms with E-state index in [1.807, 2.05) is 0 Å². The van der Waals surface area contributed by atoms with Crippen LogP contribution in [0.5, 0.6) is 0 Å². The Hall–Kier alpha value is -1.10. The smallest absolute Gasteiger partial charge is 0.312 e. The van der Waals surface area contributed by atoms with Gasteiger partial charge in [-0.05, 0) is 32.6 Å². The largest absolute Gasteiger partial charge is 0.481 e. The highest BCUT2D eigenvalue weighted by Crippen LogP contribution is 2.38. The van der Waals surface area contributed by atoms with Gasteiger partial charge in [-0.25, -0.2) is 4.98 Å². The minimum absolute atomic E-state index is 0.390. The van der Waals surface area contributed by atoms with Crippen molar-refractivity contribution in [2.24, 2.45) is 0 Å². The zero-order valence-electron chi connectivity index (χ0n) is 11.7. The summed E-state index contributed by atoms with van der Waals surface area (Å²) in [5, 5.41) is 10.3. The lowest BCUT2D eigenvalue weighted by molar-refractivity contribution is -0.139. The van der Waals surface area contributed by atoms with Gasteiger partial charge in [0.15, 0.2) is 5.13 Å². The molecule has 0 saturated carbocycles. The van der Waals surface area contributed by atoms with Gasteiger partial charge in [0.1, 0.15) is 5.92 Å². The SMILES string of the molecule is CCCCN(CC)c1nc2c(s1)CCCC2C(=O)O. The average Bonchev–Trinajstić information content (AvgIpc) is 2.82. The summed E-state index contributed by atoms with van der Waals surface area (Å²) in [6.45, 7) is 6.26. The highest BCUT2D eigenvalue weighted by Gasteiger charge is 2.30. The fourth-order valence-electron chi connectivity index (χ4n) is 2.52. The lowest BCUT2D eigenvalue weighted by Crippen LogP contribution is -2.24. The van der Waals surface area contributed by atoms with E-state index < -0.39 is 11.9 Å². The minimum atomic E-state index is -0.727. The molecule has 0 fully saturated rings. The summed E-state index contributed by atoms with van der Waals surface area (Å²) >= 11 is 1.69. The number of hydrogen-bond donors (Lipinski definition) is 1. The Balaban J connectivity index is 2.22. The van der Waals surface area contributed by atoms with Crippen molar-refractivity contribution >= 4 is 22.4 Å². The maximum atomic E-state index is 11.3. The van der Waals surface area contributed by atoms with E-state index in [-0.39, 0.29) is 0 Å². The van der Waals surface area contributed by atoms with Gasteiger partial charge in [0.2, 0.25) is 0 Å². The number of carbonyl (C=O) groups is 1. The van der Waals surface area contributed by atoms with E-state index in [4.69, 9.17) is 0 Å². The number of unbranched alkanes of at least 4 members (excludes halogenated alkanes) is 1. The van der Waals surface area contributed by atoms with Crippen molar-refractivity contribution in [3.63, 3.8) is 0 Å². The molecule has 19 heavy (non-hydrogen) atoms. The first-order valence-electron chi connectivity index (χ1n) is 7.14. The van der Waals surface area contributed by atoms with E-state index in [1.165, 1.54) is 11.3 Å². The van der Waals surface area contributed by atoms with Crippen molar-refractivity contribution in [1.29, 1.82) is 0 Å². The highest BCUT2D eigenvalue weighted by atomic mass is 32.1. The predicted octanol–water partition coefficient (Wildman–Crippen LogP) is 3.27. The highest BCUT2D eigenvalue weighted by molar-refractivity contribution is 7.15. The number of hydrogen-bond acceptors (Lipinski definition) is 4. The lowest BCUT2D eigenvalue weighted by Gasteiger charge is -2.19. The normalized spacial score (nSPS) is 18.1. The van der Waals surface area contributed by atoms with E-state index >= 15 is 0 Å². The third-order valence-electron chi connectivity index (χ3n) is 3.67. The predicted molar refractivity (Wildman–Crippen MR) is 78.2 cm³/mol. The van der Waals surface area contributed by atoms with Crippen molar-refractivity contribution in [3.8, 4) is 0 Å². The molecule has 0 amide bonds. The van der Waals surface area contributed by atoms with Crippen molar-refractivity contribution in [1.82, 2.24) is 4.98 Å². The van der Waals surface area contributed by atoms with E-state index in [0.29, 0.717) is 0 Å². The van der Waals surface area contributed by atoms with Crippen molar-refractivity contribution in [3.05, 3.63) is 10.6 Å². The van der Waals surface area contributed by atoms with Crippen LogP contribution in [-0.4, -0.2) is 29.1 Å². The van der Waals surface area contributed by atoms with Crippen LogP contribution in [0.15, 0.2) is 0 Å². The molecule has 0 aromatic carbocycles. The molecule has 5 heteroatoms. The summed E-state index contributed by atoms with van der Waals surface area (Å²) < 4.78 is 0. The Bertz CT molecular complexity index is 445. The van der Waals surface area contributed by atoms with Gasteiger partial charge in [-0.1, -0.05) is 13.3 Å². The Morgan fingerprint density at radius 2 is 2.32 bits per heavy atom. The zero-order chi connectivity index (χ0) is 13.8. The number of fused-ring (bicyclic) bond motifs is 1. The second-order valence-corrected chi connectivity index (χ2v) is 6.08. The van der Waals surface area contributed by atoms with Crippen molar-refractivity contribution in [2.75, 3.05) is 18.0 Å². The molecule has 0 spiro atoms. The van der Waals surface area contributed by atoms with Crippen molar-refractivity contribution < 1.29 is 9.90 Å². The molecule has 1 atom stereocenters. The number of anilines is 1. The number of nitrogens with zero attached hydrogens (tertiary/aromatic N) is 2. The Morgan fingerprint density at radius 3 is 2.95 bits per heavy atom. The molecular weight excluding hydrogens is 260 g/mol. The Kier molecular flexibility index (Phi) is 4.80. The number of thiazole rings is 1. The summed E-state index contributed by atoms with van der Waals surface area (Å²) in [6, 6.07) is 0. The fourth-order valence-corrected chi connectivity index (χ4v) is 3.77. The van der Waals surface area contributed by atoms with Crippen LogP contribution in [0.2, 0.25) is 0 Å². The molecule has 1 aromatic heterocycles. The molecule has 2 rings (SSSR count). The molecule has 1 aliphatic carbocycles. The van der Waals surface area contributed by atoms with Crippen LogP contribution in [0.4, 0.5) is 5.13 Å². The number of rotatable bonds is 6. The Labute approximate surface area is 118 Å². The van der Waals surface area contributed by atoms with E-state index in [9.17, 15) is 9.90 Å². The van der Waals surface area contributed by atoms with Crippen LogP contribution in [0.25, 0.3) is 0 Å². The molecule has 1 N–H and O–H groups in total. The molecule has 0 bridgehead atoms.